The summed E-state index contributed by atoms with van der Waals surface area (Å²) in [5.41, 5.74) is 2.48. The van der Waals surface area contributed by atoms with Gasteiger partial charge in [-0.05, 0) is 43.5 Å². The van der Waals surface area contributed by atoms with E-state index >= 15 is 0 Å². The van der Waals surface area contributed by atoms with Crippen molar-refractivity contribution in [1.29, 1.82) is 0 Å². The Bertz CT molecular complexity index is 637. The number of methoxy groups -OCH3 is 1. The van der Waals surface area contributed by atoms with Gasteiger partial charge in [0, 0.05) is 6.04 Å². The molecule has 0 saturated carbocycles. The molecule has 110 valence electrons. The first-order valence-electron chi connectivity index (χ1n) is 6.49. The normalized spacial score (nSPS) is 20.6. The lowest BCUT2D eigenvalue weighted by Crippen LogP contribution is -2.35. The number of aryl methyl sites for hydroxylation is 2. The van der Waals surface area contributed by atoms with Crippen LogP contribution < -0.4 is 10.1 Å². The van der Waals surface area contributed by atoms with Gasteiger partial charge in [-0.15, -0.1) is 0 Å². The summed E-state index contributed by atoms with van der Waals surface area (Å²) < 4.78 is 28.0. The lowest BCUT2D eigenvalue weighted by atomic mass is 10.0. The number of amides is 1. The van der Waals surface area contributed by atoms with E-state index < -0.39 is 9.84 Å². The molecule has 1 unspecified atom stereocenters. The summed E-state index contributed by atoms with van der Waals surface area (Å²) in [6, 6.07) is 3.28. The second-order valence-corrected chi connectivity index (χ2v) is 7.44. The number of hydrogen-bond acceptors (Lipinski definition) is 4. The maximum Gasteiger partial charge on any atom is 0.255 e. The van der Waals surface area contributed by atoms with Gasteiger partial charge in [0.15, 0.2) is 9.84 Å². The van der Waals surface area contributed by atoms with Crippen molar-refractivity contribution in [2.24, 2.45) is 0 Å². The molecule has 1 fully saturated rings. The molecule has 1 aliphatic heterocycles. The van der Waals surface area contributed by atoms with Gasteiger partial charge in [-0.25, -0.2) is 8.42 Å². The first-order valence-corrected chi connectivity index (χ1v) is 8.31. The molecule has 0 aliphatic carbocycles. The van der Waals surface area contributed by atoms with Crippen LogP contribution in [0.5, 0.6) is 5.75 Å². The van der Waals surface area contributed by atoms with Gasteiger partial charge in [0.1, 0.15) is 5.75 Å². The Morgan fingerprint density at radius 2 is 1.95 bits per heavy atom. The summed E-state index contributed by atoms with van der Waals surface area (Å²) in [7, 11) is -1.49. The fourth-order valence-electron chi connectivity index (χ4n) is 2.31. The van der Waals surface area contributed by atoms with E-state index in [0.29, 0.717) is 17.7 Å². The summed E-state index contributed by atoms with van der Waals surface area (Å²) in [6.45, 7) is 3.87. The third kappa shape index (κ3) is 3.12. The van der Waals surface area contributed by atoms with Gasteiger partial charge in [0.25, 0.3) is 5.91 Å². The van der Waals surface area contributed by atoms with Crippen LogP contribution in [0.4, 0.5) is 0 Å². The molecule has 1 heterocycles. The van der Waals surface area contributed by atoms with Crippen LogP contribution in [0.25, 0.3) is 0 Å². The Balaban J connectivity index is 2.19. The smallest absolute Gasteiger partial charge is 0.255 e. The highest BCUT2D eigenvalue weighted by atomic mass is 32.2. The van der Waals surface area contributed by atoms with Gasteiger partial charge in [-0.3, -0.25) is 4.79 Å². The fraction of sp³-hybridized carbons (Fsp3) is 0.500. The van der Waals surface area contributed by atoms with Crippen molar-refractivity contribution < 1.29 is 17.9 Å². The maximum absolute atomic E-state index is 12.3. The van der Waals surface area contributed by atoms with Crippen LogP contribution >= 0.6 is 0 Å². The van der Waals surface area contributed by atoms with Gasteiger partial charge >= 0.3 is 0 Å². The lowest BCUT2D eigenvalue weighted by molar-refractivity contribution is 0.0938. The van der Waals surface area contributed by atoms with E-state index in [1.165, 1.54) is 7.11 Å². The van der Waals surface area contributed by atoms with Gasteiger partial charge in [0.05, 0.1) is 24.2 Å². The van der Waals surface area contributed by atoms with Crippen molar-refractivity contribution in [1.82, 2.24) is 5.32 Å². The molecule has 1 saturated heterocycles. The first kappa shape index (κ1) is 14.8. The third-order valence-corrected chi connectivity index (χ3v) is 5.40. The number of carbonyl (C=O) groups excluding carboxylic acids is 1. The van der Waals surface area contributed by atoms with E-state index in [1.54, 1.807) is 6.07 Å². The maximum atomic E-state index is 12.3. The van der Waals surface area contributed by atoms with Crippen LogP contribution in [0.3, 0.4) is 0 Å². The van der Waals surface area contributed by atoms with E-state index in [-0.39, 0.29) is 23.5 Å². The Labute approximate surface area is 119 Å². The number of nitrogens with one attached hydrogen (secondary N) is 1. The average Bonchev–Trinajstić information content (AvgIpc) is 2.71. The standard InChI is InChI=1S/C14H19NO4S/c1-9-6-12(13(19-3)7-10(9)2)14(16)15-11-4-5-20(17,18)8-11/h6-7,11H,4-5,8H2,1-3H3,(H,15,16). The zero-order valence-electron chi connectivity index (χ0n) is 11.9. The minimum absolute atomic E-state index is 0.0197. The fourth-order valence-corrected chi connectivity index (χ4v) is 3.98. The third-order valence-electron chi connectivity index (χ3n) is 3.63. The highest BCUT2D eigenvalue weighted by Gasteiger charge is 2.29. The number of carbonyl (C=O) groups is 1. The molecule has 20 heavy (non-hydrogen) atoms. The Morgan fingerprint density at radius 1 is 1.30 bits per heavy atom. The minimum atomic E-state index is -3.00. The highest BCUT2D eigenvalue weighted by molar-refractivity contribution is 7.91. The molecule has 1 atom stereocenters. The molecule has 0 spiro atoms. The van der Waals surface area contributed by atoms with E-state index in [2.05, 4.69) is 5.32 Å². The Morgan fingerprint density at radius 3 is 2.50 bits per heavy atom. The van der Waals surface area contributed by atoms with Crippen molar-refractivity contribution in [2.45, 2.75) is 26.3 Å². The van der Waals surface area contributed by atoms with Crippen molar-refractivity contribution in [2.75, 3.05) is 18.6 Å². The van der Waals surface area contributed by atoms with Gasteiger partial charge in [-0.2, -0.15) is 0 Å². The largest absolute Gasteiger partial charge is 0.496 e. The number of rotatable bonds is 3. The topological polar surface area (TPSA) is 72.5 Å². The summed E-state index contributed by atoms with van der Waals surface area (Å²) >= 11 is 0. The summed E-state index contributed by atoms with van der Waals surface area (Å²) in [5, 5.41) is 2.77. The Hall–Kier alpha value is -1.56. The van der Waals surface area contributed by atoms with Crippen LogP contribution in [-0.4, -0.2) is 39.0 Å². The average molecular weight is 297 g/mol. The molecular formula is C14H19NO4S. The molecule has 1 aromatic rings. The zero-order valence-corrected chi connectivity index (χ0v) is 12.7. The molecule has 0 bridgehead atoms. The van der Waals surface area contributed by atoms with E-state index in [4.69, 9.17) is 4.74 Å². The Kier molecular flexibility index (Phi) is 4.04. The molecular weight excluding hydrogens is 278 g/mol. The summed E-state index contributed by atoms with van der Waals surface area (Å²) in [5.74, 6) is 0.381. The minimum Gasteiger partial charge on any atom is -0.496 e. The molecule has 0 aromatic heterocycles. The molecule has 1 aliphatic rings. The molecule has 0 radical (unpaired) electrons. The monoisotopic (exact) mass is 297 g/mol. The SMILES string of the molecule is COc1cc(C)c(C)cc1C(=O)NC1CCS(=O)(=O)C1. The number of sulfone groups is 1. The molecule has 5 nitrogen and oxygen atoms in total. The molecule has 1 amide bonds. The molecule has 6 heteroatoms. The van der Waals surface area contributed by atoms with Crippen molar-refractivity contribution >= 4 is 15.7 Å². The first-order chi connectivity index (χ1) is 9.32. The summed E-state index contributed by atoms with van der Waals surface area (Å²) in [4.78, 5) is 12.3. The number of benzene rings is 1. The second kappa shape index (κ2) is 5.44. The van der Waals surface area contributed by atoms with Crippen molar-refractivity contribution in [3.63, 3.8) is 0 Å². The number of hydrogen-bond donors (Lipinski definition) is 1. The van der Waals surface area contributed by atoms with Gasteiger partial charge < -0.3 is 10.1 Å². The quantitative estimate of drug-likeness (QED) is 0.911. The van der Waals surface area contributed by atoms with Crippen molar-refractivity contribution in [3.05, 3.63) is 28.8 Å². The second-order valence-electron chi connectivity index (χ2n) is 5.21. The van der Waals surface area contributed by atoms with Crippen LogP contribution in [0, 0.1) is 13.8 Å². The predicted octanol–water partition coefficient (Wildman–Crippen LogP) is 1.23. The van der Waals surface area contributed by atoms with E-state index in [9.17, 15) is 13.2 Å². The highest BCUT2D eigenvalue weighted by Crippen LogP contribution is 2.23. The van der Waals surface area contributed by atoms with Gasteiger partial charge in [-0.1, -0.05) is 0 Å². The van der Waals surface area contributed by atoms with E-state index in [0.717, 1.165) is 11.1 Å². The lowest BCUT2D eigenvalue weighted by Gasteiger charge is -2.14. The van der Waals surface area contributed by atoms with Crippen LogP contribution in [0.2, 0.25) is 0 Å². The number of ether oxygens (including phenoxy) is 1. The summed E-state index contributed by atoms with van der Waals surface area (Å²) in [6.07, 6.45) is 0.473. The molecule has 1 aromatic carbocycles. The van der Waals surface area contributed by atoms with Crippen LogP contribution in [0.1, 0.15) is 27.9 Å². The van der Waals surface area contributed by atoms with E-state index in [1.807, 2.05) is 19.9 Å². The molecule has 2 rings (SSSR count). The predicted molar refractivity (Wildman–Crippen MR) is 77.0 cm³/mol. The zero-order chi connectivity index (χ0) is 14.9. The van der Waals surface area contributed by atoms with Crippen LogP contribution in [0.15, 0.2) is 12.1 Å². The molecule has 1 N–H and O–H groups in total. The van der Waals surface area contributed by atoms with Crippen molar-refractivity contribution in [3.8, 4) is 5.75 Å². The van der Waals surface area contributed by atoms with Crippen LogP contribution in [-0.2, 0) is 9.84 Å². The van der Waals surface area contributed by atoms with Gasteiger partial charge in [0.2, 0.25) is 0 Å².